The quantitative estimate of drug-likeness (QED) is 0.852. The second-order valence-electron chi connectivity index (χ2n) is 5.57. The van der Waals surface area contributed by atoms with Crippen LogP contribution in [0.5, 0.6) is 0 Å². The highest BCUT2D eigenvalue weighted by molar-refractivity contribution is 5.19. The summed E-state index contributed by atoms with van der Waals surface area (Å²) in [5.74, 6) is 0.527. The number of aliphatic hydroxyl groups is 1. The fourth-order valence-corrected chi connectivity index (χ4v) is 3.22. The van der Waals surface area contributed by atoms with Gasteiger partial charge in [0.05, 0.1) is 25.4 Å². The van der Waals surface area contributed by atoms with Crippen LogP contribution in [0.25, 0.3) is 0 Å². The molecule has 3 heterocycles. The van der Waals surface area contributed by atoms with Gasteiger partial charge in [0, 0.05) is 17.8 Å². The zero-order valence-electron chi connectivity index (χ0n) is 11.3. The van der Waals surface area contributed by atoms with Gasteiger partial charge in [0.15, 0.2) is 0 Å². The molecule has 19 heavy (non-hydrogen) atoms. The van der Waals surface area contributed by atoms with Crippen LogP contribution >= 0.6 is 0 Å². The first kappa shape index (κ1) is 13.0. The number of aromatic nitrogens is 2. The molecule has 2 aliphatic heterocycles. The number of piperidine rings is 1. The molecule has 0 bridgehead atoms. The normalized spacial score (nSPS) is 29.8. The maximum absolute atomic E-state index is 9.88. The largest absolute Gasteiger partial charge is 0.389 e. The Balaban J connectivity index is 1.62. The van der Waals surface area contributed by atoms with E-state index in [9.17, 15) is 5.11 Å². The van der Waals surface area contributed by atoms with Crippen LogP contribution in [-0.2, 0) is 4.74 Å². The van der Waals surface area contributed by atoms with E-state index in [1.54, 1.807) is 6.33 Å². The number of rotatable bonds is 2. The molecule has 0 aliphatic carbocycles. The van der Waals surface area contributed by atoms with Gasteiger partial charge in [0.2, 0.25) is 0 Å². The summed E-state index contributed by atoms with van der Waals surface area (Å²) in [5, 5.41) is 9.88. The molecule has 5 heteroatoms. The zero-order valence-corrected chi connectivity index (χ0v) is 11.3. The number of nitrogens with zero attached hydrogens (tertiary/aromatic N) is 3. The van der Waals surface area contributed by atoms with E-state index in [0.29, 0.717) is 19.1 Å². The van der Waals surface area contributed by atoms with Gasteiger partial charge in [-0.1, -0.05) is 0 Å². The number of hydrogen-bond donors (Lipinski definition) is 1. The van der Waals surface area contributed by atoms with Crippen LogP contribution in [0, 0.1) is 6.92 Å². The third kappa shape index (κ3) is 2.63. The first-order chi connectivity index (χ1) is 9.25. The monoisotopic (exact) mass is 263 g/mol. The summed E-state index contributed by atoms with van der Waals surface area (Å²) in [4.78, 5) is 10.9. The minimum absolute atomic E-state index is 0.187. The van der Waals surface area contributed by atoms with E-state index in [0.717, 1.165) is 25.9 Å². The van der Waals surface area contributed by atoms with Gasteiger partial charge in [-0.15, -0.1) is 0 Å². The Morgan fingerprint density at radius 1 is 1.32 bits per heavy atom. The Morgan fingerprint density at radius 2 is 2.11 bits per heavy atom. The molecule has 0 amide bonds. The molecule has 0 saturated carbocycles. The van der Waals surface area contributed by atoms with Gasteiger partial charge < -0.3 is 9.84 Å². The second-order valence-corrected chi connectivity index (χ2v) is 5.57. The van der Waals surface area contributed by atoms with E-state index in [2.05, 4.69) is 21.8 Å². The van der Waals surface area contributed by atoms with Crippen molar-refractivity contribution in [3.8, 4) is 0 Å². The fourth-order valence-electron chi connectivity index (χ4n) is 3.22. The Labute approximate surface area is 113 Å². The van der Waals surface area contributed by atoms with Crippen molar-refractivity contribution in [1.29, 1.82) is 0 Å². The molecule has 0 spiro atoms. The van der Waals surface area contributed by atoms with Crippen LogP contribution in [0.3, 0.4) is 0 Å². The molecule has 0 unspecified atom stereocenters. The van der Waals surface area contributed by atoms with Gasteiger partial charge in [-0.25, -0.2) is 9.97 Å². The van der Waals surface area contributed by atoms with Crippen molar-refractivity contribution in [3.05, 3.63) is 23.8 Å². The lowest BCUT2D eigenvalue weighted by Gasteiger charge is -2.36. The first-order valence-electron chi connectivity index (χ1n) is 7.02. The van der Waals surface area contributed by atoms with Crippen LogP contribution < -0.4 is 0 Å². The molecular formula is C14H21N3O2. The molecule has 104 valence electrons. The first-order valence-corrected chi connectivity index (χ1v) is 7.02. The fraction of sp³-hybridized carbons (Fsp3) is 0.714. The number of hydrogen-bond acceptors (Lipinski definition) is 5. The van der Waals surface area contributed by atoms with Crippen molar-refractivity contribution in [2.24, 2.45) is 0 Å². The highest BCUT2D eigenvalue weighted by atomic mass is 16.5. The molecule has 5 nitrogen and oxygen atoms in total. The highest BCUT2D eigenvalue weighted by Gasteiger charge is 2.34. The average molecular weight is 263 g/mol. The zero-order chi connectivity index (χ0) is 13.2. The van der Waals surface area contributed by atoms with Gasteiger partial charge in [-0.3, -0.25) is 4.90 Å². The second kappa shape index (κ2) is 5.53. The van der Waals surface area contributed by atoms with Crippen LogP contribution in [-0.4, -0.2) is 58.4 Å². The summed E-state index contributed by atoms with van der Waals surface area (Å²) >= 11 is 0. The van der Waals surface area contributed by atoms with E-state index < -0.39 is 0 Å². The van der Waals surface area contributed by atoms with Crippen molar-refractivity contribution < 1.29 is 9.84 Å². The molecule has 0 radical (unpaired) electrons. The summed E-state index contributed by atoms with van der Waals surface area (Å²) in [5.41, 5.74) is 2.38. The molecule has 1 aromatic rings. The molecule has 2 atom stereocenters. The van der Waals surface area contributed by atoms with Gasteiger partial charge in [0.1, 0.15) is 6.33 Å². The van der Waals surface area contributed by atoms with Crippen molar-refractivity contribution in [2.75, 3.05) is 26.3 Å². The maximum atomic E-state index is 9.88. The Morgan fingerprint density at radius 3 is 2.74 bits per heavy atom. The molecule has 2 fully saturated rings. The number of aryl methyl sites for hydroxylation is 1. The number of likely N-dealkylation sites (tertiary alicyclic amines) is 1. The Bertz CT molecular complexity index is 432. The lowest BCUT2D eigenvalue weighted by atomic mass is 9.90. The molecule has 2 aliphatic rings. The van der Waals surface area contributed by atoms with Crippen molar-refractivity contribution in [1.82, 2.24) is 14.9 Å². The Hall–Kier alpha value is -1.04. The van der Waals surface area contributed by atoms with Gasteiger partial charge >= 0.3 is 0 Å². The van der Waals surface area contributed by atoms with Crippen LogP contribution in [0.2, 0.25) is 0 Å². The lowest BCUT2D eigenvalue weighted by Crippen LogP contribution is -2.46. The topological polar surface area (TPSA) is 58.5 Å². The smallest absolute Gasteiger partial charge is 0.115 e. The van der Waals surface area contributed by atoms with Gasteiger partial charge in [0.25, 0.3) is 0 Å². The van der Waals surface area contributed by atoms with Crippen molar-refractivity contribution in [3.63, 3.8) is 0 Å². The summed E-state index contributed by atoms with van der Waals surface area (Å²) in [6, 6.07) is 0.187. The van der Waals surface area contributed by atoms with Crippen molar-refractivity contribution in [2.45, 2.75) is 37.8 Å². The average Bonchev–Trinajstić information content (AvgIpc) is 2.86. The standard InChI is InChI=1S/C14H21N3O2/c1-10-6-15-9-16-14(10)11-2-4-17(5-3-11)12-7-19-8-13(12)18/h6,9,11-13,18H,2-5,7-8H2,1H3/t12-,13+/m1/s1. The van der Waals surface area contributed by atoms with E-state index in [1.165, 1.54) is 11.3 Å². The SMILES string of the molecule is Cc1cncnc1C1CCN([C@@H]2COC[C@@H]2O)CC1. The van der Waals surface area contributed by atoms with E-state index in [-0.39, 0.29) is 12.1 Å². The summed E-state index contributed by atoms with van der Waals surface area (Å²) in [6.45, 7) is 5.25. The third-order valence-electron chi connectivity index (χ3n) is 4.34. The summed E-state index contributed by atoms with van der Waals surface area (Å²) < 4.78 is 5.34. The predicted molar refractivity (Wildman–Crippen MR) is 70.9 cm³/mol. The summed E-state index contributed by atoms with van der Waals surface area (Å²) in [7, 11) is 0. The van der Waals surface area contributed by atoms with Crippen molar-refractivity contribution >= 4 is 0 Å². The Kier molecular flexibility index (Phi) is 3.77. The molecular weight excluding hydrogens is 242 g/mol. The van der Waals surface area contributed by atoms with E-state index in [1.807, 2.05) is 6.20 Å². The number of ether oxygens (including phenoxy) is 1. The molecule has 3 rings (SSSR count). The number of aliphatic hydroxyl groups excluding tert-OH is 1. The molecule has 0 aromatic carbocycles. The summed E-state index contributed by atoms with van der Waals surface area (Å²) in [6.07, 6.45) is 5.41. The van der Waals surface area contributed by atoms with E-state index in [4.69, 9.17) is 4.74 Å². The molecule has 2 saturated heterocycles. The lowest BCUT2D eigenvalue weighted by molar-refractivity contribution is 0.0660. The predicted octanol–water partition coefficient (Wildman–Crippen LogP) is 0.724. The van der Waals surface area contributed by atoms with E-state index >= 15 is 0 Å². The van der Waals surface area contributed by atoms with Gasteiger partial charge in [-0.2, -0.15) is 0 Å². The minimum atomic E-state index is -0.322. The van der Waals surface area contributed by atoms with Crippen LogP contribution in [0.4, 0.5) is 0 Å². The van der Waals surface area contributed by atoms with Gasteiger partial charge in [-0.05, 0) is 38.4 Å². The molecule has 1 N–H and O–H groups in total. The third-order valence-corrected chi connectivity index (χ3v) is 4.34. The van der Waals surface area contributed by atoms with Crippen LogP contribution in [0.1, 0.15) is 30.0 Å². The minimum Gasteiger partial charge on any atom is -0.389 e. The molecule has 1 aromatic heterocycles. The van der Waals surface area contributed by atoms with Crippen LogP contribution in [0.15, 0.2) is 12.5 Å². The maximum Gasteiger partial charge on any atom is 0.115 e. The highest BCUT2D eigenvalue weighted by Crippen LogP contribution is 2.30.